The maximum Gasteiger partial charge on any atom is 0.283 e. The molecule has 1 aromatic rings. The number of nitro benzene ring substituents is 1. The third-order valence-electron chi connectivity index (χ3n) is 8.88. The van der Waals surface area contributed by atoms with E-state index in [9.17, 15) is 20.0 Å². The van der Waals surface area contributed by atoms with Gasteiger partial charge in [-0.2, -0.15) is 0 Å². The normalized spacial score (nSPS) is 38.4. The van der Waals surface area contributed by atoms with E-state index in [2.05, 4.69) is 33.0 Å². The summed E-state index contributed by atoms with van der Waals surface area (Å²) < 4.78 is 6.96. The van der Waals surface area contributed by atoms with Crippen LogP contribution in [-0.2, 0) is 13.0 Å². The van der Waals surface area contributed by atoms with Gasteiger partial charge in [0.05, 0.1) is 11.0 Å². The van der Waals surface area contributed by atoms with Crippen molar-refractivity contribution in [1.29, 1.82) is 0 Å². The van der Waals surface area contributed by atoms with Gasteiger partial charge in [-0.1, -0.05) is 27.7 Å². The Balaban J connectivity index is 1.75. The Morgan fingerprint density at radius 2 is 2.00 bits per heavy atom. The molecule has 2 N–H and O–H groups in total. The zero-order valence-corrected chi connectivity index (χ0v) is 18.1. The Morgan fingerprint density at radius 1 is 1.27 bits per heavy atom. The minimum absolute atomic E-state index is 0.0748. The molecule has 0 aromatic heterocycles. The Kier molecular flexibility index (Phi) is 3.93. The summed E-state index contributed by atoms with van der Waals surface area (Å²) in [6.45, 7) is 9.18. The molecule has 5 atom stereocenters. The Labute approximate surface area is 176 Å². The van der Waals surface area contributed by atoms with E-state index in [1.165, 1.54) is 0 Å². The number of hydrogen-bond acceptors (Lipinski definition) is 5. The van der Waals surface area contributed by atoms with Gasteiger partial charge in [-0.15, -0.1) is 0 Å². The lowest BCUT2D eigenvalue weighted by Gasteiger charge is -2.66. The van der Waals surface area contributed by atoms with E-state index in [-0.39, 0.29) is 34.5 Å². The molecule has 1 amide bonds. The van der Waals surface area contributed by atoms with Crippen LogP contribution in [0.2, 0.25) is 0 Å². The van der Waals surface area contributed by atoms with Gasteiger partial charge in [0.1, 0.15) is 16.9 Å². The topological polar surface area (TPSA) is 102 Å². The molecule has 30 heavy (non-hydrogen) atoms. The van der Waals surface area contributed by atoms with Crippen LogP contribution in [-0.4, -0.2) is 27.6 Å². The quantitative estimate of drug-likeness (QED) is 0.538. The van der Waals surface area contributed by atoms with Gasteiger partial charge in [0.15, 0.2) is 0 Å². The number of benzene rings is 1. The molecule has 7 nitrogen and oxygen atoms in total. The van der Waals surface area contributed by atoms with E-state index in [0.717, 1.165) is 24.8 Å². The lowest BCUT2D eigenvalue weighted by Crippen LogP contribution is -2.70. The molecule has 0 saturated heterocycles. The molecule has 0 bridgehead atoms. The van der Waals surface area contributed by atoms with Gasteiger partial charge in [0.2, 0.25) is 0 Å². The summed E-state index contributed by atoms with van der Waals surface area (Å²) in [6, 6.07) is 1.55. The van der Waals surface area contributed by atoms with Crippen molar-refractivity contribution in [2.24, 2.45) is 22.7 Å². The van der Waals surface area contributed by atoms with Crippen LogP contribution in [0.4, 0.5) is 5.69 Å². The standard InChI is InChI=1S/C23H30N2O5/c1-12-5-6-17-21(2,3)9-14(26)10-23(17)22(12,4)8-13-7-16(25(28)29)18-15(19(13)30-23)11-24-20(18)27/h7,12,14,17,26H,5-6,8-11H2,1-4H3,(H,24,27)/t12-,14?,17-,22+,23-/m0/s1. The van der Waals surface area contributed by atoms with Crippen LogP contribution in [0.5, 0.6) is 5.75 Å². The minimum atomic E-state index is -0.547. The summed E-state index contributed by atoms with van der Waals surface area (Å²) in [5.41, 5.74) is 0.550. The summed E-state index contributed by atoms with van der Waals surface area (Å²) in [4.78, 5) is 23.7. The molecule has 2 aliphatic heterocycles. The number of amides is 1. The summed E-state index contributed by atoms with van der Waals surface area (Å²) in [5.74, 6) is 0.857. The molecule has 5 rings (SSSR count). The SMILES string of the molecule is C[C@H]1CC[C@H]2C(C)(C)CC(O)C[C@]23Oc2c(cc([N+](=O)[O-])c4c2CNC4=O)C[C@]13C. The van der Waals surface area contributed by atoms with Gasteiger partial charge in [-0.3, -0.25) is 14.9 Å². The first kappa shape index (κ1) is 19.8. The largest absolute Gasteiger partial charge is 0.486 e. The van der Waals surface area contributed by atoms with Crippen molar-refractivity contribution in [3.63, 3.8) is 0 Å². The smallest absolute Gasteiger partial charge is 0.283 e. The van der Waals surface area contributed by atoms with E-state index >= 15 is 0 Å². The Bertz CT molecular complexity index is 973. The van der Waals surface area contributed by atoms with Gasteiger partial charge in [0.25, 0.3) is 11.6 Å². The maximum atomic E-state index is 12.4. The van der Waals surface area contributed by atoms with Crippen molar-refractivity contribution in [2.45, 2.75) is 78.0 Å². The van der Waals surface area contributed by atoms with Crippen molar-refractivity contribution >= 4 is 11.6 Å². The summed E-state index contributed by atoms with van der Waals surface area (Å²) >= 11 is 0. The predicted molar refractivity (Wildman–Crippen MR) is 110 cm³/mol. The number of aliphatic hydroxyl groups excluding tert-OH is 1. The van der Waals surface area contributed by atoms with E-state index < -0.39 is 22.5 Å². The zero-order valence-electron chi connectivity index (χ0n) is 18.1. The first-order valence-electron chi connectivity index (χ1n) is 11.0. The molecular weight excluding hydrogens is 384 g/mol. The molecule has 1 spiro atoms. The minimum Gasteiger partial charge on any atom is -0.486 e. The first-order chi connectivity index (χ1) is 14.0. The fourth-order valence-electron chi connectivity index (χ4n) is 7.33. The molecule has 2 aliphatic carbocycles. The number of aliphatic hydroxyl groups is 1. The fraction of sp³-hybridized carbons (Fsp3) is 0.696. The summed E-state index contributed by atoms with van der Waals surface area (Å²) in [6.07, 6.45) is 3.64. The van der Waals surface area contributed by atoms with E-state index in [4.69, 9.17) is 4.74 Å². The van der Waals surface area contributed by atoms with Crippen LogP contribution < -0.4 is 10.1 Å². The molecule has 4 aliphatic rings. The van der Waals surface area contributed by atoms with Crippen molar-refractivity contribution in [3.8, 4) is 5.75 Å². The highest BCUT2D eigenvalue weighted by Gasteiger charge is 2.67. The number of rotatable bonds is 1. The van der Waals surface area contributed by atoms with E-state index in [1.54, 1.807) is 6.07 Å². The molecule has 7 heteroatoms. The molecule has 2 heterocycles. The Hall–Kier alpha value is -2.15. The molecule has 1 unspecified atom stereocenters. The lowest BCUT2D eigenvalue weighted by molar-refractivity contribution is -0.385. The van der Waals surface area contributed by atoms with Crippen LogP contribution in [0.15, 0.2) is 6.07 Å². The third-order valence-corrected chi connectivity index (χ3v) is 8.88. The van der Waals surface area contributed by atoms with Crippen LogP contribution in [0, 0.1) is 32.8 Å². The highest BCUT2D eigenvalue weighted by molar-refractivity contribution is 6.03. The number of nitrogens with one attached hydrogen (secondary N) is 1. The van der Waals surface area contributed by atoms with Gasteiger partial charge < -0.3 is 15.2 Å². The number of nitro groups is 1. The number of hydrogen-bond donors (Lipinski definition) is 2. The molecule has 162 valence electrons. The number of carbonyl (C=O) groups is 1. The summed E-state index contributed by atoms with van der Waals surface area (Å²) in [7, 11) is 0. The highest BCUT2D eigenvalue weighted by atomic mass is 16.6. The number of carbonyl (C=O) groups excluding carboxylic acids is 1. The number of nitrogens with zero attached hydrogens (tertiary/aromatic N) is 1. The molecule has 2 fully saturated rings. The average molecular weight is 415 g/mol. The molecule has 1 aromatic carbocycles. The highest BCUT2D eigenvalue weighted by Crippen LogP contribution is 2.66. The molecule has 0 radical (unpaired) electrons. The van der Waals surface area contributed by atoms with Crippen LogP contribution in [0.1, 0.15) is 74.9 Å². The Morgan fingerprint density at radius 3 is 2.70 bits per heavy atom. The average Bonchev–Trinajstić information content (AvgIpc) is 3.01. The second kappa shape index (κ2) is 5.96. The van der Waals surface area contributed by atoms with Crippen LogP contribution >= 0.6 is 0 Å². The van der Waals surface area contributed by atoms with E-state index in [0.29, 0.717) is 30.1 Å². The second-order valence-corrected chi connectivity index (χ2v) is 10.8. The number of fused-ring (bicyclic) bond motifs is 3. The van der Waals surface area contributed by atoms with Crippen LogP contribution in [0.25, 0.3) is 0 Å². The van der Waals surface area contributed by atoms with E-state index in [1.807, 2.05) is 0 Å². The lowest BCUT2D eigenvalue weighted by atomic mass is 9.44. The second-order valence-electron chi connectivity index (χ2n) is 10.8. The van der Waals surface area contributed by atoms with Crippen molar-refractivity contribution in [2.75, 3.05) is 0 Å². The van der Waals surface area contributed by atoms with Crippen molar-refractivity contribution < 1.29 is 19.6 Å². The van der Waals surface area contributed by atoms with Gasteiger partial charge in [0, 0.05) is 41.5 Å². The van der Waals surface area contributed by atoms with Gasteiger partial charge >= 0.3 is 0 Å². The van der Waals surface area contributed by atoms with Crippen molar-refractivity contribution in [3.05, 3.63) is 32.9 Å². The zero-order chi connectivity index (χ0) is 21.6. The first-order valence-corrected chi connectivity index (χ1v) is 11.0. The van der Waals surface area contributed by atoms with Crippen molar-refractivity contribution in [1.82, 2.24) is 5.32 Å². The third kappa shape index (κ3) is 2.33. The molecule has 2 saturated carbocycles. The van der Waals surface area contributed by atoms with Gasteiger partial charge in [-0.25, -0.2) is 0 Å². The van der Waals surface area contributed by atoms with Crippen LogP contribution in [0.3, 0.4) is 0 Å². The fourth-order valence-corrected chi connectivity index (χ4v) is 7.33. The monoisotopic (exact) mass is 414 g/mol. The number of ether oxygens (including phenoxy) is 1. The summed E-state index contributed by atoms with van der Waals surface area (Å²) in [5, 5.41) is 25.4. The van der Waals surface area contributed by atoms with Gasteiger partial charge in [-0.05, 0) is 37.0 Å². The maximum absolute atomic E-state index is 12.4. The predicted octanol–water partition coefficient (Wildman–Crippen LogP) is 3.75. The molecular formula is C23H30N2O5.